The summed E-state index contributed by atoms with van der Waals surface area (Å²) in [6.07, 6.45) is -1.28. The molecular weight excluding hydrogens is 223 g/mol. The summed E-state index contributed by atoms with van der Waals surface area (Å²) in [5.41, 5.74) is 0.505. The smallest absolute Gasteiger partial charge is 0.106 e. The van der Waals surface area contributed by atoms with Gasteiger partial charge in [-0.15, -0.1) is 0 Å². The van der Waals surface area contributed by atoms with E-state index in [-0.39, 0.29) is 0 Å². The first-order chi connectivity index (χ1) is 6.56. The zero-order valence-electron chi connectivity index (χ0n) is 7.74. The highest BCUT2D eigenvalue weighted by molar-refractivity contribution is 6.35. The van der Waals surface area contributed by atoms with E-state index < -0.39 is 12.2 Å². The first kappa shape index (κ1) is 11.8. The summed E-state index contributed by atoms with van der Waals surface area (Å²) in [6, 6.07) is 4.80. The zero-order valence-corrected chi connectivity index (χ0v) is 9.26. The Balaban J connectivity index is 2.95. The molecule has 2 nitrogen and oxygen atoms in total. The molecule has 0 spiro atoms. The highest BCUT2D eigenvalue weighted by Crippen LogP contribution is 2.28. The highest BCUT2D eigenvalue weighted by atomic mass is 35.5. The molecule has 0 heterocycles. The van der Waals surface area contributed by atoms with Crippen LogP contribution in [0.5, 0.6) is 0 Å². The molecule has 2 N–H and O–H groups in total. The van der Waals surface area contributed by atoms with E-state index in [9.17, 15) is 10.2 Å². The fourth-order valence-electron chi connectivity index (χ4n) is 1.17. The maximum Gasteiger partial charge on any atom is 0.106 e. The molecule has 0 aromatic heterocycles. The predicted molar refractivity (Wildman–Crippen MR) is 57.7 cm³/mol. The van der Waals surface area contributed by atoms with E-state index in [1.165, 1.54) is 0 Å². The SMILES string of the molecule is CCC(O)C(O)c1ccc(Cl)cc1Cl. The molecule has 2 unspecified atom stereocenters. The second-order valence-electron chi connectivity index (χ2n) is 3.09. The summed E-state index contributed by atoms with van der Waals surface area (Å²) >= 11 is 11.6. The van der Waals surface area contributed by atoms with Crippen LogP contribution in [-0.2, 0) is 0 Å². The van der Waals surface area contributed by atoms with Gasteiger partial charge in [0.1, 0.15) is 6.10 Å². The molecule has 0 amide bonds. The van der Waals surface area contributed by atoms with Crippen molar-refractivity contribution >= 4 is 23.2 Å². The monoisotopic (exact) mass is 234 g/mol. The molecule has 0 saturated carbocycles. The van der Waals surface area contributed by atoms with Gasteiger partial charge in [0.05, 0.1) is 6.10 Å². The van der Waals surface area contributed by atoms with Crippen molar-refractivity contribution in [3.05, 3.63) is 33.8 Å². The Kier molecular flexibility index (Phi) is 4.20. The van der Waals surface area contributed by atoms with Gasteiger partial charge in [0.2, 0.25) is 0 Å². The van der Waals surface area contributed by atoms with Crippen molar-refractivity contribution in [1.29, 1.82) is 0 Å². The second-order valence-corrected chi connectivity index (χ2v) is 3.93. The highest BCUT2D eigenvalue weighted by Gasteiger charge is 2.18. The van der Waals surface area contributed by atoms with Crippen molar-refractivity contribution in [3.63, 3.8) is 0 Å². The molecule has 1 aromatic rings. The third-order valence-electron chi connectivity index (χ3n) is 2.06. The van der Waals surface area contributed by atoms with E-state index >= 15 is 0 Å². The third-order valence-corrected chi connectivity index (χ3v) is 2.63. The summed E-state index contributed by atoms with van der Waals surface area (Å²) in [5.74, 6) is 0. The molecule has 0 fully saturated rings. The molecule has 1 aromatic carbocycles. The minimum absolute atomic E-state index is 0.373. The predicted octanol–water partition coefficient (Wildman–Crippen LogP) is 2.80. The summed E-state index contributed by atoms with van der Waals surface area (Å²) in [4.78, 5) is 0. The van der Waals surface area contributed by atoms with Gasteiger partial charge in [-0.25, -0.2) is 0 Å². The van der Waals surface area contributed by atoms with Crippen molar-refractivity contribution < 1.29 is 10.2 Å². The van der Waals surface area contributed by atoms with Crippen molar-refractivity contribution in [1.82, 2.24) is 0 Å². The molecule has 0 radical (unpaired) electrons. The Morgan fingerprint density at radius 1 is 1.29 bits per heavy atom. The Labute approximate surface area is 93.1 Å². The Bertz CT molecular complexity index is 315. The Morgan fingerprint density at radius 2 is 1.93 bits per heavy atom. The molecule has 0 aliphatic rings. The minimum Gasteiger partial charge on any atom is -0.390 e. The van der Waals surface area contributed by atoms with Crippen LogP contribution in [0.4, 0.5) is 0 Å². The number of hydrogen-bond acceptors (Lipinski definition) is 2. The number of aliphatic hydroxyl groups excluding tert-OH is 2. The Morgan fingerprint density at radius 3 is 2.43 bits per heavy atom. The van der Waals surface area contributed by atoms with Gasteiger partial charge in [0, 0.05) is 15.6 Å². The van der Waals surface area contributed by atoms with Gasteiger partial charge in [-0.2, -0.15) is 0 Å². The summed E-state index contributed by atoms with van der Waals surface area (Å²) in [5, 5.41) is 20.0. The van der Waals surface area contributed by atoms with Crippen molar-refractivity contribution in [3.8, 4) is 0 Å². The van der Waals surface area contributed by atoms with Gasteiger partial charge in [-0.1, -0.05) is 36.2 Å². The van der Waals surface area contributed by atoms with E-state index in [0.717, 1.165) is 0 Å². The molecule has 2 atom stereocenters. The summed E-state index contributed by atoms with van der Waals surface area (Å²) in [6.45, 7) is 1.79. The lowest BCUT2D eigenvalue weighted by atomic mass is 10.0. The van der Waals surface area contributed by atoms with Crippen LogP contribution in [0.2, 0.25) is 10.0 Å². The number of rotatable bonds is 3. The number of hydrogen-bond donors (Lipinski definition) is 2. The quantitative estimate of drug-likeness (QED) is 0.845. The lowest BCUT2D eigenvalue weighted by Crippen LogP contribution is -2.17. The standard InChI is InChI=1S/C10H12Cl2O2/c1-2-9(13)10(14)7-4-3-6(11)5-8(7)12/h3-5,9-10,13-14H,2H2,1H3. The summed E-state index contributed by atoms with van der Waals surface area (Å²) < 4.78 is 0. The molecular formula is C10H12Cl2O2. The zero-order chi connectivity index (χ0) is 10.7. The van der Waals surface area contributed by atoms with Gasteiger partial charge >= 0.3 is 0 Å². The van der Waals surface area contributed by atoms with E-state index in [0.29, 0.717) is 22.0 Å². The van der Waals surface area contributed by atoms with Crippen LogP contribution in [0.15, 0.2) is 18.2 Å². The molecule has 0 bridgehead atoms. The Hall–Kier alpha value is -0.280. The first-order valence-corrected chi connectivity index (χ1v) is 5.13. The fraction of sp³-hybridized carbons (Fsp3) is 0.400. The maximum atomic E-state index is 9.68. The van der Waals surface area contributed by atoms with Crippen LogP contribution in [0.3, 0.4) is 0 Å². The topological polar surface area (TPSA) is 40.5 Å². The molecule has 0 aliphatic heterocycles. The third kappa shape index (κ3) is 2.61. The van der Waals surface area contributed by atoms with Crippen LogP contribution in [0.1, 0.15) is 25.0 Å². The van der Waals surface area contributed by atoms with Gasteiger partial charge in [-0.05, 0) is 18.6 Å². The average molecular weight is 235 g/mol. The van der Waals surface area contributed by atoms with E-state index in [4.69, 9.17) is 23.2 Å². The van der Waals surface area contributed by atoms with Crippen LogP contribution >= 0.6 is 23.2 Å². The van der Waals surface area contributed by atoms with Crippen LogP contribution in [-0.4, -0.2) is 16.3 Å². The van der Waals surface area contributed by atoms with E-state index in [1.807, 2.05) is 0 Å². The van der Waals surface area contributed by atoms with Crippen LogP contribution in [0, 0.1) is 0 Å². The van der Waals surface area contributed by atoms with Crippen LogP contribution < -0.4 is 0 Å². The van der Waals surface area contributed by atoms with Crippen molar-refractivity contribution in [2.24, 2.45) is 0 Å². The molecule has 78 valence electrons. The van der Waals surface area contributed by atoms with Crippen molar-refractivity contribution in [2.45, 2.75) is 25.6 Å². The second kappa shape index (κ2) is 4.99. The molecule has 0 aliphatic carbocycles. The average Bonchev–Trinajstić information content (AvgIpc) is 2.15. The number of aliphatic hydroxyl groups is 2. The lowest BCUT2D eigenvalue weighted by Gasteiger charge is -2.17. The minimum atomic E-state index is -0.954. The summed E-state index contributed by atoms with van der Waals surface area (Å²) in [7, 11) is 0. The molecule has 14 heavy (non-hydrogen) atoms. The van der Waals surface area contributed by atoms with E-state index in [1.54, 1.807) is 25.1 Å². The maximum absolute atomic E-state index is 9.68. The van der Waals surface area contributed by atoms with Crippen molar-refractivity contribution in [2.75, 3.05) is 0 Å². The van der Waals surface area contributed by atoms with E-state index in [2.05, 4.69) is 0 Å². The first-order valence-electron chi connectivity index (χ1n) is 4.37. The van der Waals surface area contributed by atoms with Crippen LogP contribution in [0.25, 0.3) is 0 Å². The van der Waals surface area contributed by atoms with Gasteiger partial charge < -0.3 is 10.2 Å². The molecule has 0 saturated heterocycles. The fourth-order valence-corrected chi connectivity index (χ4v) is 1.69. The molecule has 1 rings (SSSR count). The molecule has 4 heteroatoms. The lowest BCUT2D eigenvalue weighted by molar-refractivity contribution is 0.0165. The number of halogens is 2. The van der Waals surface area contributed by atoms with Gasteiger partial charge in [0.15, 0.2) is 0 Å². The largest absolute Gasteiger partial charge is 0.390 e. The normalized spacial score (nSPS) is 15.2. The number of benzene rings is 1. The van der Waals surface area contributed by atoms with Gasteiger partial charge in [-0.3, -0.25) is 0 Å². The van der Waals surface area contributed by atoms with Gasteiger partial charge in [0.25, 0.3) is 0 Å².